The number of rotatable bonds is 12. The lowest BCUT2D eigenvalue weighted by Gasteiger charge is -2.24. The van der Waals surface area contributed by atoms with Crippen LogP contribution in [0.25, 0.3) is 0 Å². The molecule has 6 nitrogen and oxygen atoms in total. The van der Waals surface area contributed by atoms with Crippen molar-refractivity contribution in [1.82, 2.24) is 5.32 Å². The molecule has 0 amide bonds. The Kier molecular flexibility index (Phi) is 9.73. The predicted octanol–water partition coefficient (Wildman–Crippen LogP) is 1.98. The zero-order valence-electron chi connectivity index (χ0n) is 14.2. The molecule has 0 spiro atoms. The average molecular weight is 341 g/mol. The van der Waals surface area contributed by atoms with Crippen molar-refractivity contribution in [3.05, 3.63) is 35.9 Å². The molecule has 0 radical (unpaired) electrons. The van der Waals surface area contributed by atoms with E-state index < -0.39 is 8.80 Å². The summed E-state index contributed by atoms with van der Waals surface area (Å²) >= 11 is 0. The minimum Gasteiger partial charge on any atom is -0.461 e. The molecule has 23 heavy (non-hydrogen) atoms. The van der Waals surface area contributed by atoms with Gasteiger partial charge in [0.05, 0.1) is 6.42 Å². The molecule has 0 saturated heterocycles. The van der Waals surface area contributed by atoms with Crippen LogP contribution in [0.2, 0.25) is 6.04 Å². The van der Waals surface area contributed by atoms with Crippen LogP contribution in [0.4, 0.5) is 0 Å². The highest BCUT2D eigenvalue weighted by Crippen LogP contribution is 2.14. The fourth-order valence-corrected chi connectivity index (χ4v) is 3.83. The van der Waals surface area contributed by atoms with Gasteiger partial charge in [-0.05, 0) is 18.5 Å². The van der Waals surface area contributed by atoms with Crippen molar-refractivity contribution >= 4 is 14.8 Å². The topological polar surface area (TPSA) is 66.0 Å². The first-order valence-electron chi connectivity index (χ1n) is 7.71. The van der Waals surface area contributed by atoms with Crippen molar-refractivity contribution in [1.29, 1.82) is 0 Å². The minimum atomic E-state index is -2.48. The van der Waals surface area contributed by atoms with Crippen LogP contribution in [-0.4, -0.2) is 49.2 Å². The molecule has 0 atom stereocenters. The number of nitrogens with one attached hydrogen (secondary N) is 1. The summed E-state index contributed by atoms with van der Waals surface area (Å²) in [4.78, 5) is 11.6. The van der Waals surface area contributed by atoms with E-state index in [9.17, 15) is 4.79 Å². The van der Waals surface area contributed by atoms with Crippen LogP contribution in [0.1, 0.15) is 18.4 Å². The number of benzene rings is 1. The van der Waals surface area contributed by atoms with Crippen LogP contribution in [0.15, 0.2) is 30.3 Å². The van der Waals surface area contributed by atoms with E-state index in [-0.39, 0.29) is 5.97 Å². The summed E-state index contributed by atoms with van der Waals surface area (Å²) in [6.45, 7) is 1.69. The zero-order valence-corrected chi connectivity index (χ0v) is 15.2. The Morgan fingerprint density at radius 3 is 2.30 bits per heavy atom. The van der Waals surface area contributed by atoms with Crippen LogP contribution in [-0.2, 0) is 29.4 Å². The Labute approximate surface area is 139 Å². The van der Waals surface area contributed by atoms with Crippen molar-refractivity contribution < 1.29 is 22.8 Å². The normalized spacial score (nSPS) is 11.4. The van der Waals surface area contributed by atoms with Crippen LogP contribution in [0.3, 0.4) is 0 Å². The first kappa shape index (κ1) is 19.8. The van der Waals surface area contributed by atoms with E-state index in [1.165, 1.54) is 0 Å². The first-order chi connectivity index (χ1) is 11.2. The van der Waals surface area contributed by atoms with Gasteiger partial charge in [-0.3, -0.25) is 4.79 Å². The second-order valence-corrected chi connectivity index (χ2v) is 8.14. The third-order valence-corrected chi connectivity index (χ3v) is 6.35. The zero-order chi connectivity index (χ0) is 17.0. The van der Waals surface area contributed by atoms with Crippen molar-refractivity contribution in [2.45, 2.75) is 25.5 Å². The smallest absolute Gasteiger partial charge is 0.461 e. The van der Waals surface area contributed by atoms with Crippen molar-refractivity contribution in [2.24, 2.45) is 0 Å². The monoisotopic (exact) mass is 341 g/mol. The molecular formula is C16H27NO5Si. The highest BCUT2D eigenvalue weighted by molar-refractivity contribution is 6.60. The molecule has 0 aromatic heterocycles. The molecule has 1 aromatic carbocycles. The Balaban J connectivity index is 2.07. The molecule has 7 heteroatoms. The van der Waals surface area contributed by atoms with Gasteiger partial charge in [0.15, 0.2) is 0 Å². The number of hydrogen-bond donors (Lipinski definition) is 1. The molecule has 0 bridgehead atoms. The third-order valence-electron chi connectivity index (χ3n) is 3.52. The van der Waals surface area contributed by atoms with E-state index in [1.54, 1.807) is 21.3 Å². The van der Waals surface area contributed by atoms with E-state index in [0.717, 1.165) is 24.6 Å². The van der Waals surface area contributed by atoms with Gasteiger partial charge < -0.3 is 23.3 Å². The molecule has 0 fully saturated rings. The maximum atomic E-state index is 11.6. The lowest BCUT2D eigenvalue weighted by atomic mass is 10.2. The van der Waals surface area contributed by atoms with Gasteiger partial charge in [0.1, 0.15) is 6.61 Å². The maximum absolute atomic E-state index is 11.6. The average Bonchev–Trinajstić information content (AvgIpc) is 2.61. The van der Waals surface area contributed by atoms with E-state index in [2.05, 4.69) is 5.32 Å². The van der Waals surface area contributed by atoms with Gasteiger partial charge in [0, 0.05) is 33.9 Å². The van der Waals surface area contributed by atoms with Crippen LogP contribution in [0.5, 0.6) is 0 Å². The molecule has 0 heterocycles. The molecule has 130 valence electrons. The lowest BCUT2D eigenvalue weighted by molar-refractivity contribution is -0.144. The summed E-state index contributed by atoms with van der Waals surface area (Å²) in [7, 11) is 2.34. The largest absolute Gasteiger partial charge is 0.500 e. The summed E-state index contributed by atoms with van der Waals surface area (Å²) in [5, 5.41) is 3.21. The van der Waals surface area contributed by atoms with Gasteiger partial charge in [-0.2, -0.15) is 0 Å². The fourth-order valence-electron chi connectivity index (χ4n) is 2.11. The first-order valence-corrected chi connectivity index (χ1v) is 9.64. The highest BCUT2D eigenvalue weighted by Gasteiger charge is 2.36. The minimum absolute atomic E-state index is 0.198. The SMILES string of the molecule is CO[Si](CCCNCCC(=O)OCc1ccccc1)(OC)OC. The molecule has 1 rings (SSSR count). The predicted molar refractivity (Wildman–Crippen MR) is 89.9 cm³/mol. The molecule has 0 aliphatic heterocycles. The van der Waals surface area contributed by atoms with Gasteiger partial charge in [-0.25, -0.2) is 0 Å². The lowest BCUT2D eigenvalue weighted by Crippen LogP contribution is -2.43. The third kappa shape index (κ3) is 7.71. The van der Waals surface area contributed by atoms with E-state index >= 15 is 0 Å². The fraction of sp³-hybridized carbons (Fsp3) is 0.562. The standard InChI is InChI=1S/C16H27NO5Si/c1-19-23(20-2,21-3)13-7-11-17-12-10-16(18)22-14-15-8-5-4-6-9-15/h4-6,8-9,17H,7,10-14H2,1-3H3. The number of ether oxygens (including phenoxy) is 1. The van der Waals surface area contributed by atoms with Gasteiger partial charge in [-0.1, -0.05) is 30.3 Å². The molecule has 0 unspecified atom stereocenters. The number of carbonyl (C=O) groups is 1. The Morgan fingerprint density at radius 2 is 1.70 bits per heavy atom. The molecule has 1 aromatic rings. The molecule has 0 aliphatic rings. The second-order valence-electron chi connectivity index (χ2n) is 5.05. The highest BCUT2D eigenvalue weighted by atomic mass is 28.4. The van der Waals surface area contributed by atoms with E-state index in [0.29, 0.717) is 19.6 Å². The summed E-state index contributed by atoms with van der Waals surface area (Å²) < 4.78 is 21.3. The van der Waals surface area contributed by atoms with Crippen molar-refractivity contribution in [3.63, 3.8) is 0 Å². The Bertz CT molecular complexity index is 431. The Hall–Kier alpha value is -1.25. The van der Waals surface area contributed by atoms with Crippen LogP contribution >= 0.6 is 0 Å². The second kappa shape index (κ2) is 11.3. The van der Waals surface area contributed by atoms with Crippen LogP contribution in [0, 0.1) is 0 Å². The van der Waals surface area contributed by atoms with Gasteiger partial charge >= 0.3 is 14.8 Å². The molecular weight excluding hydrogens is 314 g/mol. The molecule has 0 aliphatic carbocycles. The number of esters is 1. The van der Waals surface area contributed by atoms with Gasteiger partial charge in [-0.15, -0.1) is 0 Å². The van der Waals surface area contributed by atoms with E-state index in [1.807, 2.05) is 30.3 Å². The van der Waals surface area contributed by atoms with Gasteiger partial charge in [0.2, 0.25) is 0 Å². The number of carbonyl (C=O) groups excluding carboxylic acids is 1. The summed E-state index contributed by atoms with van der Waals surface area (Å²) in [5.41, 5.74) is 0.994. The summed E-state index contributed by atoms with van der Waals surface area (Å²) in [6.07, 6.45) is 1.22. The van der Waals surface area contributed by atoms with Crippen molar-refractivity contribution in [2.75, 3.05) is 34.4 Å². The molecule has 1 N–H and O–H groups in total. The van der Waals surface area contributed by atoms with Crippen LogP contribution < -0.4 is 5.32 Å². The Morgan fingerprint density at radius 1 is 1.04 bits per heavy atom. The summed E-state index contributed by atoms with van der Waals surface area (Å²) in [5.74, 6) is -0.198. The molecule has 0 saturated carbocycles. The quantitative estimate of drug-likeness (QED) is 0.356. The van der Waals surface area contributed by atoms with Crippen molar-refractivity contribution in [3.8, 4) is 0 Å². The van der Waals surface area contributed by atoms with E-state index in [4.69, 9.17) is 18.0 Å². The van der Waals surface area contributed by atoms with Gasteiger partial charge in [0.25, 0.3) is 0 Å². The number of hydrogen-bond acceptors (Lipinski definition) is 6. The summed E-state index contributed by atoms with van der Waals surface area (Å²) in [6, 6.07) is 10.4. The maximum Gasteiger partial charge on any atom is 0.500 e.